The van der Waals surface area contributed by atoms with E-state index in [0.29, 0.717) is 0 Å². The molecule has 4 aromatic rings. The molecule has 4 aromatic carbocycles. The molecule has 0 N–H and O–H groups in total. The Kier molecular flexibility index (Phi) is 4.65. The van der Waals surface area contributed by atoms with Crippen LogP contribution in [0.25, 0.3) is 0 Å². The zero-order valence-corrected chi connectivity index (χ0v) is 19.6. The van der Waals surface area contributed by atoms with Crippen LogP contribution in [0, 0.1) is 3.57 Å². The highest BCUT2D eigenvalue weighted by atomic mass is 127. The van der Waals surface area contributed by atoms with Gasteiger partial charge in [-0.3, -0.25) is 0 Å². The third-order valence-electron chi connectivity index (χ3n) is 5.34. The van der Waals surface area contributed by atoms with E-state index in [1.54, 1.807) is 0 Å². The molecular formula is C24H16BrIOSi. The molecule has 0 unspecified atom stereocenters. The molecule has 0 aromatic heterocycles. The predicted octanol–water partition coefficient (Wildman–Crippen LogP) is 4.54. The standard InChI is InChI=1S/C24H16BrIOSi/c25-17-6-5-7-20(16-17)28(19-14-12-18(26)13-15-19)23-10-3-1-8-21(23)27-22-9-2-4-11-24(22)28/h1-16H. The molecule has 0 amide bonds. The molecular weight excluding hydrogens is 539 g/mol. The Morgan fingerprint density at radius 2 is 1.25 bits per heavy atom. The van der Waals surface area contributed by atoms with Crippen LogP contribution in [-0.2, 0) is 0 Å². The van der Waals surface area contributed by atoms with Crippen LogP contribution >= 0.6 is 38.5 Å². The lowest BCUT2D eigenvalue weighted by Gasteiger charge is -2.39. The fraction of sp³-hybridized carbons (Fsp3) is 0. The van der Waals surface area contributed by atoms with Gasteiger partial charge in [-0.1, -0.05) is 76.6 Å². The number of fused-ring (bicyclic) bond motifs is 2. The summed E-state index contributed by atoms with van der Waals surface area (Å²) < 4.78 is 8.70. The molecule has 4 heteroatoms. The zero-order chi connectivity index (χ0) is 19.1. The topological polar surface area (TPSA) is 9.23 Å². The van der Waals surface area contributed by atoms with Crippen molar-refractivity contribution >= 4 is 67.3 Å². The van der Waals surface area contributed by atoms with E-state index < -0.39 is 8.07 Å². The first-order valence-corrected chi connectivity index (χ1v) is 13.0. The van der Waals surface area contributed by atoms with E-state index in [9.17, 15) is 0 Å². The number of rotatable bonds is 2. The van der Waals surface area contributed by atoms with Crippen molar-refractivity contribution in [3.8, 4) is 11.5 Å². The summed E-state index contributed by atoms with van der Waals surface area (Å²) in [6.07, 6.45) is 0. The fourth-order valence-electron chi connectivity index (χ4n) is 4.20. The van der Waals surface area contributed by atoms with Crippen molar-refractivity contribution in [2.45, 2.75) is 0 Å². The Balaban J connectivity index is 1.96. The summed E-state index contributed by atoms with van der Waals surface area (Å²) in [5.41, 5.74) is 0. The molecule has 0 bridgehead atoms. The van der Waals surface area contributed by atoms with E-state index in [0.717, 1.165) is 16.0 Å². The predicted molar refractivity (Wildman–Crippen MR) is 131 cm³/mol. The summed E-state index contributed by atoms with van der Waals surface area (Å²) >= 11 is 6.08. The second-order valence-corrected chi connectivity index (χ2v) is 12.8. The number of ether oxygens (including phenoxy) is 1. The van der Waals surface area contributed by atoms with Crippen molar-refractivity contribution in [3.63, 3.8) is 0 Å². The van der Waals surface area contributed by atoms with Crippen LogP contribution in [0.3, 0.4) is 0 Å². The van der Waals surface area contributed by atoms with Crippen LogP contribution in [0.1, 0.15) is 0 Å². The smallest absolute Gasteiger partial charge is 0.188 e. The highest BCUT2D eigenvalue weighted by Crippen LogP contribution is 2.29. The van der Waals surface area contributed by atoms with Crippen LogP contribution in [0.15, 0.2) is 102 Å². The minimum Gasteiger partial charge on any atom is -0.458 e. The van der Waals surface area contributed by atoms with Gasteiger partial charge in [0.25, 0.3) is 0 Å². The second kappa shape index (κ2) is 7.17. The maximum atomic E-state index is 6.35. The molecule has 0 saturated carbocycles. The third kappa shape index (κ3) is 2.77. The Labute approximate surface area is 187 Å². The van der Waals surface area contributed by atoms with E-state index >= 15 is 0 Å². The van der Waals surface area contributed by atoms with E-state index in [2.05, 4.69) is 136 Å². The lowest BCUT2D eigenvalue weighted by atomic mass is 10.3. The number of benzene rings is 4. The summed E-state index contributed by atoms with van der Waals surface area (Å²) in [6.45, 7) is 0. The molecule has 136 valence electrons. The monoisotopic (exact) mass is 554 g/mol. The highest BCUT2D eigenvalue weighted by molar-refractivity contribution is 14.1. The molecule has 5 rings (SSSR count). The molecule has 1 aliphatic rings. The average molecular weight is 555 g/mol. The first kappa shape index (κ1) is 18.2. The highest BCUT2D eigenvalue weighted by Gasteiger charge is 2.47. The Hall–Kier alpha value is -1.89. The van der Waals surface area contributed by atoms with E-state index in [4.69, 9.17) is 4.74 Å². The van der Waals surface area contributed by atoms with Crippen molar-refractivity contribution in [1.82, 2.24) is 0 Å². The lowest BCUT2D eigenvalue weighted by Crippen LogP contribution is -2.76. The summed E-state index contributed by atoms with van der Waals surface area (Å²) in [6, 6.07) is 34.9. The summed E-state index contributed by atoms with van der Waals surface area (Å²) in [5, 5.41) is 5.32. The van der Waals surface area contributed by atoms with Gasteiger partial charge < -0.3 is 4.74 Å². The minimum absolute atomic E-state index is 0.964. The average Bonchev–Trinajstić information content (AvgIpc) is 2.73. The zero-order valence-electron chi connectivity index (χ0n) is 14.9. The molecule has 0 atom stereocenters. The van der Waals surface area contributed by atoms with Crippen molar-refractivity contribution < 1.29 is 4.74 Å². The molecule has 0 spiro atoms. The van der Waals surface area contributed by atoms with Gasteiger partial charge in [-0.25, -0.2) is 0 Å². The Morgan fingerprint density at radius 3 is 1.86 bits per heavy atom. The summed E-state index contributed by atoms with van der Waals surface area (Å²) in [7, 11) is -2.49. The molecule has 0 fully saturated rings. The molecule has 1 nitrogen and oxygen atoms in total. The van der Waals surface area contributed by atoms with Gasteiger partial charge in [0.1, 0.15) is 11.5 Å². The molecule has 28 heavy (non-hydrogen) atoms. The van der Waals surface area contributed by atoms with Gasteiger partial charge in [-0.05, 0) is 79.7 Å². The summed E-state index contributed by atoms with van der Waals surface area (Å²) in [5.74, 6) is 1.93. The molecule has 0 radical (unpaired) electrons. The molecule has 1 heterocycles. The normalized spacial score (nSPS) is 13.9. The van der Waals surface area contributed by atoms with Gasteiger partial charge in [0.2, 0.25) is 0 Å². The lowest BCUT2D eigenvalue weighted by molar-refractivity contribution is 0.487. The first-order valence-electron chi connectivity index (χ1n) is 9.08. The van der Waals surface area contributed by atoms with Gasteiger partial charge >= 0.3 is 0 Å². The quantitative estimate of drug-likeness (QED) is 0.230. The van der Waals surface area contributed by atoms with Crippen LogP contribution in [0.2, 0.25) is 0 Å². The minimum atomic E-state index is -2.49. The van der Waals surface area contributed by atoms with Gasteiger partial charge in [-0.15, -0.1) is 0 Å². The van der Waals surface area contributed by atoms with Gasteiger partial charge in [0, 0.05) is 8.04 Å². The molecule has 0 saturated heterocycles. The van der Waals surface area contributed by atoms with E-state index in [1.165, 1.54) is 24.3 Å². The van der Waals surface area contributed by atoms with Crippen LogP contribution in [0.4, 0.5) is 0 Å². The van der Waals surface area contributed by atoms with Crippen molar-refractivity contribution in [2.75, 3.05) is 0 Å². The van der Waals surface area contributed by atoms with Crippen molar-refractivity contribution in [1.29, 1.82) is 0 Å². The molecule has 1 aliphatic heterocycles. The SMILES string of the molecule is Brc1cccc([Si]2(c3ccc(I)cc3)c3ccccc3Oc3ccccc32)c1. The van der Waals surface area contributed by atoms with Crippen molar-refractivity contribution in [3.05, 3.63) is 105 Å². The maximum Gasteiger partial charge on any atom is 0.188 e. The van der Waals surface area contributed by atoms with Crippen LogP contribution < -0.4 is 25.5 Å². The molecule has 0 aliphatic carbocycles. The van der Waals surface area contributed by atoms with Gasteiger partial charge in [0.15, 0.2) is 8.07 Å². The van der Waals surface area contributed by atoms with Crippen molar-refractivity contribution in [2.24, 2.45) is 0 Å². The Morgan fingerprint density at radius 1 is 0.643 bits per heavy atom. The van der Waals surface area contributed by atoms with E-state index in [1.807, 2.05) is 0 Å². The van der Waals surface area contributed by atoms with Crippen LogP contribution in [-0.4, -0.2) is 8.07 Å². The fourth-order valence-corrected chi connectivity index (χ4v) is 10.1. The van der Waals surface area contributed by atoms with Crippen LogP contribution in [0.5, 0.6) is 11.5 Å². The number of halogens is 2. The van der Waals surface area contributed by atoms with E-state index in [-0.39, 0.29) is 0 Å². The third-order valence-corrected chi connectivity index (χ3v) is 11.4. The van der Waals surface area contributed by atoms with Gasteiger partial charge in [-0.2, -0.15) is 0 Å². The number of para-hydroxylation sites is 2. The Bertz CT molecular complexity index is 1130. The van der Waals surface area contributed by atoms with Gasteiger partial charge in [0.05, 0.1) is 0 Å². The second-order valence-electron chi connectivity index (χ2n) is 6.86. The maximum absolute atomic E-state index is 6.35. The largest absolute Gasteiger partial charge is 0.458 e. The number of hydrogen-bond acceptors (Lipinski definition) is 1. The number of hydrogen-bond donors (Lipinski definition) is 0. The summed E-state index contributed by atoms with van der Waals surface area (Å²) in [4.78, 5) is 0. The first-order chi connectivity index (χ1) is 13.7.